The largest absolute Gasteiger partial charge is 0.465 e. The van der Waals surface area contributed by atoms with E-state index >= 15 is 0 Å². The van der Waals surface area contributed by atoms with Gasteiger partial charge in [-0.1, -0.05) is 30.3 Å². The highest BCUT2D eigenvalue weighted by molar-refractivity contribution is 5.89. The van der Waals surface area contributed by atoms with E-state index in [2.05, 4.69) is 10.2 Å². The smallest absolute Gasteiger partial charge is 0.407 e. The van der Waals surface area contributed by atoms with Gasteiger partial charge in [-0.3, -0.25) is 4.90 Å². The van der Waals surface area contributed by atoms with Crippen LogP contribution >= 0.6 is 0 Å². The molecule has 166 valence electrons. The first-order chi connectivity index (χ1) is 14.7. The summed E-state index contributed by atoms with van der Waals surface area (Å²) in [6.07, 6.45) is -0.548. The van der Waals surface area contributed by atoms with E-state index in [-0.39, 0.29) is 17.5 Å². The number of nitrogens with one attached hydrogen (secondary N) is 1. The number of carbonyl (C=O) groups is 2. The van der Waals surface area contributed by atoms with Crippen LogP contribution in [0.3, 0.4) is 0 Å². The van der Waals surface area contributed by atoms with Gasteiger partial charge >= 0.3 is 12.1 Å². The van der Waals surface area contributed by atoms with Crippen molar-refractivity contribution in [3.05, 3.63) is 71.0 Å². The number of halogens is 1. The lowest BCUT2D eigenvalue weighted by Gasteiger charge is -2.24. The topological polar surface area (TPSA) is 67.9 Å². The first kappa shape index (κ1) is 22.7. The molecule has 1 saturated heterocycles. The van der Waals surface area contributed by atoms with Gasteiger partial charge in [0, 0.05) is 25.6 Å². The van der Waals surface area contributed by atoms with Crippen molar-refractivity contribution in [2.45, 2.75) is 44.9 Å². The molecule has 0 radical (unpaired) electrons. The van der Waals surface area contributed by atoms with Crippen LogP contribution in [0.25, 0.3) is 0 Å². The van der Waals surface area contributed by atoms with Gasteiger partial charge in [0.05, 0.1) is 18.7 Å². The van der Waals surface area contributed by atoms with Crippen LogP contribution in [0.4, 0.5) is 9.18 Å². The molecule has 2 atom stereocenters. The molecule has 2 aromatic carbocycles. The lowest BCUT2D eigenvalue weighted by molar-refractivity contribution is 0.0500. The van der Waals surface area contributed by atoms with Crippen molar-refractivity contribution in [2.75, 3.05) is 20.2 Å². The Morgan fingerprint density at radius 3 is 2.48 bits per heavy atom. The molecule has 1 fully saturated rings. The zero-order valence-corrected chi connectivity index (χ0v) is 18.4. The molecule has 0 spiro atoms. The standard InChI is InChI=1S/C24H29FN2O4/c1-24(2,3)31-23(29)26-21-15-27(13-16-8-6-5-7-9-16)14-19(21)18-12-17(22(28)30-4)10-11-20(18)25/h5-12,19,21H,13-15H2,1-4H3,(H,26,29)/t19-,21+/m1/s1. The summed E-state index contributed by atoms with van der Waals surface area (Å²) in [4.78, 5) is 26.6. The summed E-state index contributed by atoms with van der Waals surface area (Å²) in [5.74, 6) is -1.30. The summed E-state index contributed by atoms with van der Waals surface area (Å²) < 4.78 is 25.0. The van der Waals surface area contributed by atoms with Crippen molar-refractivity contribution >= 4 is 12.1 Å². The number of esters is 1. The quantitative estimate of drug-likeness (QED) is 0.726. The van der Waals surface area contributed by atoms with E-state index in [9.17, 15) is 14.0 Å². The number of benzene rings is 2. The molecule has 31 heavy (non-hydrogen) atoms. The highest BCUT2D eigenvalue weighted by atomic mass is 19.1. The number of likely N-dealkylation sites (tertiary alicyclic amines) is 1. The van der Waals surface area contributed by atoms with Crippen molar-refractivity contribution in [3.8, 4) is 0 Å². The van der Waals surface area contributed by atoms with Crippen LogP contribution in [0.1, 0.15) is 48.2 Å². The average molecular weight is 429 g/mol. The Labute approximate surface area is 182 Å². The average Bonchev–Trinajstić information content (AvgIpc) is 3.08. The molecule has 0 unspecified atom stereocenters. The number of nitrogens with zero attached hydrogens (tertiary/aromatic N) is 1. The van der Waals surface area contributed by atoms with E-state index in [0.29, 0.717) is 25.2 Å². The summed E-state index contributed by atoms with van der Waals surface area (Å²) in [5.41, 5.74) is 1.14. The number of alkyl carbamates (subject to hydrolysis) is 1. The van der Waals surface area contributed by atoms with E-state index in [1.54, 1.807) is 20.8 Å². The summed E-state index contributed by atoms with van der Waals surface area (Å²) in [6.45, 7) is 7.10. The van der Waals surface area contributed by atoms with Crippen molar-refractivity contribution in [3.63, 3.8) is 0 Å². The van der Waals surface area contributed by atoms with E-state index in [1.807, 2.05) is 30.3 Å². The van der Waals surface area contributed by atoms with E-state index in [1.165, 1.54) is 25.3 Å². The van der Waals surface area contributed by atoms with Gasteiger partial charge < -0.3 is 14.8 Å². The van der Waals surface area contributed by atoms with Crippen LogP contribution in [-0.2, 0) is 16.0 Å². The number of amides is 1. The van der Waals surface area contributed by atoms with Crippen molar-refractivity contribution < 1.29 is 23.5 Å². The maximum atomic E-state index is 14.8. The monoisotopic (exact) mass is 428 g/mol. The van der Waals surface area contributed by atoms with Crippen molar-refractivity contribution in [1.29, 1.82) is 0 Å². The van der Waals surface area contributed by atoms with Gasteiger partial charge in [-0.2, -0.15) is 0 Å². The Bertz CT molecular complexity index is 927. The molecule has 1 heterocycles. The van der Waals surface area contributed by atoms with Crippen LogP contribution in [0.2, 0.25) is 0 Å². The maximum absolute atomic E-state index is 14.8. The number of hydrogen-bond acceptors (Lipinski definition) is 5. The molecule has 1 aliphatic rings. The molecule has 3 rings (SSSR count). The molecule has 6 nitrogen and oxygen atoms in total. The van der Waals surface area contributed by atoms with Gasteiger partial charge in [-0.15, -0.1) is 0 Å². The van der Waals surface area contributed by atoms with E-state index in [4.69, 9.17) is 9.47 Å². The Balaban J connectivity index is 1.86. The molecular weight excluding hydrogens is 399 g/mol. The third-order valence-corrected chi connectivity index (χ3v) is 5.16. The maximum Gasteiger partial charge on any atom is 0.407 e. The van der Waals surface area contributed by atoms with E-state index < -0.39 is 23.5 Å². The van der Waals surface area contributed by atoms with Crippen LogP contribution in [-0.4, -0.2) is 48.8 Å². The number of rotatable bonds is 5. The predicted octanol–water partition coefficient (Wildman–Crippen LogP) is 4.11. The fourth-order valence-electron chi connectivity index (χ4n) is 3.85. The third-order valence-electron chi connectivity index (χ3n) is 5.16. The summed E-state index contributed by atoms with van der Waals surface area (Å²) in [7, 11) is 1.29. The summed E-state index contributed by atoms with van der Waals surface area (Å²) >= 11 is 0. The second kappa shape index (κ2) is 9.47. The fourth-order valence-corrected chi connectivity index (χ4v) is 3.85. The zero-order valence-electron chi connectivity index (χ0n) is 18.4. The third kappa shape index (κ3) is 6.04. The number of hydrogen-bond donors (Lipinski definition) is 1. The zero-order chi connectivity index (χ0) is 22.6. The van der Waals surface area contributed by atoms with E-state index in [0.717, 1.165) is 5.56 Å². The molecule has 0 saturated carbocycles. The molecule has 1 amide bonds. The van der Waals surface area contributed by atoms with Crippen LogP contribution in [0.15, 0.2) is 48.5 Å². The Morgan fingerprint density at radius 2 is 1.84 bits per heavy atom. The van der Waals surface area contributed by atoms with Crippen molar-refractivity contribution in [1.82, 2.24) is 10.2 Å². The normalized spacial score (nSPS) is 19.1. The molecule has 1 aliphatic heterocycles. The summed E-state index contributed by atoms with van der Waals surface area (Å²) in [5, 5.41) is 2.90. The van der Waals surface area contributed by atoms with Gasteiger partial charge in [0.15, 0.2) is 0 Å². The van der Waals surface area contributed by atoms with Gasteiger partial charge in [-0.25, -0.2) is 14.0 Å². The molecule has 1 N–H and O–H groups in total. The Hall–Kier alpha value is -2.93. The lowest BCUT2D eigenvalue weighted by atomic mass is 9.92. The molecule has 7 heteroatoms. The number of carbonyl (C=O) groups excluding carboxylic acids is 2. The minimum atomic E-state index is -0.641. The lowest BCUT2D eigenvalue weighted by Crippen LogP contribution is -2.42. The summed E-state index contributed by atoms with van der Waals surface area (Å²) in [6, 6.07) is 13.8. The van der Waals surface area contributed by atoms with Gasteiger partial charge in [0.1, 0.15) is 11.4 Å². The van der Waals surface area contributed by atoms with Gasteiger partial charge in [-0.05, 0) is 50.1 Å². The molecule has 0 aliphatic carbocycles. The predicted molar refractivity (Wildman–Crippen MR) is 115 cm³/mol. The fraction of sp³-hybridized carbons (Fsp3) is 0.417. The number of ether oxygens (including phenoxy) is 2. The molecule has 2 aromatic rings. The Kier molecular flexibility index (Phi) is 6.95. The SMILES string of the molecule is COC(=O)c1ccc(F)c([C@H]2CN(Cc3ccccc3)C[C@@H]2NC(=O)OC(C)(C)C)c1. The minimum Gasteiger partial charge on any atom is -0.465 e. The van der Waals surface area contributed by atoms with Crippen molar-refractivity contribution in [2.24, 2.45) is 0 Å². The highest BCUT2D eigenvalue weighted by Gasteiger charge is 2.37. The van der Waals surface area contributed by atoms with Gasteiger partial charge in [0.2, 0.25) is 0 Å². The molecular formula is C24H29FN2O4. The van der Waals surface area contributed by atoms with Crippen LogP contribution < -0.4 is 5.32 Å². The minimum absolute atomic E-state index is 0.274. The first-order valence-corrected chi connectivity index (χ1v) is 10.3. The second-order valence-corrected chi connectivity index (χ2v) is 8.77. The highest BCUT2D eigenvalue weighted by Crippen LogP contribution is 2.31. The molecule has 0 aromatic heterocycles. The molecule has 0 bridgehead atoms. The second-order valence-electron chi connectivity index (χ2n) is 8.77. The van der Waals surface area contributed by atoms with Crippen LogP contribution in [0, 0.1) is 5.82 Å². The van der Waals surface area contributed by atoms with Gasteiger partial charge in [0.25, 0.3) is 0 Å². The Morgan fingerprint density at radius 1 is 1.13 bits per heavy atom. The first-order valence-electron chi connectivity index (χ1n) is 10.3. The number of methoxy groups -OCH3 is 1. The van der Waals surface area contributed by atoms with Crippen LogP contribution in [0.5, 0.6) is 0 Å².